The van der Waals surface area contributed by atoms with Gasteiger partial charge in [-0.05, 0) is 42.7 Å². The molecule has 0 spiro atoms. The van der Waals surface area contributed by atoms with E-state index >= 15 is 0 Å². The highest BCUT2D eigenvalue weighted by Crippen LogP contribution is 2.24. The summed E-state index contributed by atoms with van der Waals surface area (Å²) in [5.41, 5.74) is 2.56. The molecule has 1 saturated heterocycles. The summed E-state index contributed by atoms with van der Waals surface area (Å²) in [5.74, 6) is 8.14. The Morgan fingerprint density at radius 1 is 1.07 bits per heavy atom. The molecule has 2 N–H and O–H groups in total. The number of morpholine rings is 1. The van der Waals surface area contributed by atoms with Crippen molar-refractivity contribution in [2.24, 2.45) is 0 Å². The molecule has 0 saturated carbocycles. The van der Waals surface area contributed by atoms with Crippen molar-refractivity contribution in [1.82, 2.24) is 19.4 Å². The summed E-state index contributed by atoms with van der Waals surface area (Å²) in [5, 5.41) is 9.39. The van der Waals surface area contributed by atoms with E-state index in [1.54, 1.807) is 18.2 Å². The molecule has 208 valence electrons. The Hall–Kier alpha value is -4.33. The van der Waals surface area contributed by atoms with Crippen molar-refractivity contribution in [1.29, 1.82) is 0 Å². The maximum atomic E-state index is 12.4. The Labute approximate surface area is 233 Å². The van der Waals surface area contributed by atoms with Gasteiger partial charge in [-0.15, -0.1) is 0 Å². The van der Waals surface area contributed by atoms with E-state index in [4.69, 9.17) is 14.0 Å². The second kappa shape index (κ2) is 12.2. The van der Waals surface area contributed by atoms with E-state index in [9.17, 15) is 4.79 Å². The van der Waals surface area contributed by atoms with Crippen molar-refractivity contribution in [3.05, 3.63) is 71.9 Å². The van der Waals surface area contributed by atoms with Crippen LogP contribution in [0.25, 0.3) is 5.65 Å². The highest BCUT2D eigenvalue weighted by Gasteiger charge is 2.20. The first-order chi connectivity index (χ1) is 19.3. The number of pyridine rings is 1. The maximum Gasteiger partial charge on any atom is 0.324 e. The first-order valence-corrected chi connectivity index (χ1v) is 13.4. The number of carbonyl (C=O) groups excluding carboxylic acids is 1. The molecule has 4 aromatic rings. The van der Waals surface area contributed by atoms with Crippen LogP contribution in [0.1, 0.15) is 44.2 Å². The van der Waals surface area contributed by atoms with E-state index in [2.05, 4.69) is 37.5 Å². The molecule has 0 bridgehead atoms. The molecule has 5 rings (SSSR count). The van der Waals surface area contributed by atoms with Crippen molar-refractivity contribution in [3.63, 3.8) is 0 Å². The first-order valence-electron chi connectivity index (χ1n) is 13.4. The molecule has 3 aromatic heterocycles. The fourth-order valence-electron chi connectivity index (χ4n) is 4.16. The molecule has 10 heteroatoms. The first kappa shape index (κ1) is 27.2. The van der Waals surface area contributed by atoms with Crippen molar-refractivity contribution in [2.75, 3.05) is 50.1 Å². The zero-order valence-electron chi connectivity index (χ0n) is 23.1. The summed E-state index contributed by atoms with van der Waals surface area (Å²) in [6.07, 6.45) is 4.65. The number of hydrogen-bond acceptors (Lipinski definition) is 7. The molecule has 1 aliphatic heterocycles. The van der Waals surface area contributed by atoms with Gasteiger partial charge in [-0.25, -0.2) is 9.78 Å². The van der Waals surface area contributed by atoms with Gasteiger partial charge >= 0.3 is 6.03 Å². The predicted octanol–water partition coefficient (Wildman–Crippen LogP) is 4.76. The van der Waals surface area contributed by atoms with Gasteiger partial charge in [0.15, 0.2) is 5.82 Å². The summed E-state index contributed by atoms with van der Waals surface area (Å²) >= 11 is 0. The number of rotatable bonds is 7. The second-order valence-corrected chi connectivity index (χ2v) is 10.6. The van der Waals surface area contributed by atoms with E-state index in [0.29, 0.717) is 35.2 Å². The summed E-state index contributed by atoms with van der Waals surface area (Å²) in [7, 11) is 0. The lowest BCUT2D eigenvalue weighted by Gasteiger charge is -2.26. The summed E-state index contributed by atoms with van der Waals surface area (Å²) in [4.78, 5) is 19.4. The topological polar surface area (TPSA) is 106 Å². The fourth-order valence-corrected chi connectivity index (χ4v) is 4.16. The van der Waals surface area contributed by atoms with E-state index < -0.39 is 6.03 Å². The van der Waals surface area contributed by atoms with E-state index in [-0.39, 0.29) is 5.41 Å². The lowest BCUT2D eigenvalue weighted by Crippen LogP contribution is -2.37. The van der Waals surface area contributed by atoms with Crippen LogP contribution >= 0.6 is 0 Å². The average Bonchev–Trinajstić information content (AvgIpc) is 3.58. The van der Waals surface area contributed by atoms with Crippen molar-refractivity contribution >= 4 is 23.2 Å². The molecule has 0 aliphatic carbocycles. The Kier molecular flexibility index (Phi) is 8.34. The third-order valence-corrected chi connectivity index (χ3v) is 6.39. The number of imidazole rings is 1. The number of hydrogen-bond donors (Lipinski definition) is 2. The van der Waals surface area contributed by atoms with E-state index in [1.165, 1.54) is 0 Å². The van der Waals surface area contributed by atoms with Crippen molar-refractivity contribution in [2.45, 2.75) is 32.6 Å². The molecular formula is C30H34N6O4. The zero-order chi connectivity index (χ0) is 28.0. The zero-order valence-corrected chi connectivity index (χ0v) is 23.1. The van der Waals surface area contributed by atoms with Crippen molar-refractivity contribution < 1.29 is 18.8 Å². The molecule has 1 fully saturated rings. The van der Waals surface area contributed by atoms with Gasteiger partial charge < -0.3 is 23.7 Å². The fraction of sp³-hybridized carbons (Fsp3) is 0.367. The Morgan fingerprint density at radius 2 is 1.88 bits per heavy atom. The normalized spacial score (nSPS) is 14.0. The minimum atomic E-state index is -0.422. The predicted molar refractivity (Wildman–Crippen MR) is 153 cm³/mol. The van der Waals surface area contributed by atoms with Crippen LogP contribution < -0.4 is 15.4 Å². The Morgan fingerprint density at radius 3 is 2.62 bits per heavy atom. The lowest BCUT2D eigenvalue weighted by molar-refractivity contribution is 0.0358. The minimum Gasteiger partial charge on any atom is -0.494 e. The molecule has 0 unspecified atom stereocenters. The number of carbonyl (C=O) groups is 1. The molecule has 10 nitrogen and oxygen atoms in total. The third-order valence-electron chi connectivity index (χ3n) is 6.39. The van der Waals surface area contributed by atoms with Crippen LogP contribution in [-0.4, -0.2) is 64.9 Å². The minimum absolute atomic E-state index is 0.198. The highest BCUT2D eigenvalue weighted by molar-refractivity contribution is 5.99. The molecular weight excluding hydrogens is 508 g/mol. The average molecular weight is 543 g/mol. The number of nitrogens with zero attached hydrogens (tertiary/aromatic N) is 4. The van der Waals surface area contributed by atoms with Gasteiger partial charge in [-0.1, -0.05) is 31.8 Å². The Bertz CT molecular complexity index is 1500. The quantitative estimate of drug-likeness (QED) is 0.256. The van der Waals surface area contributed by atoms with Crippen LogP contribution in [0.5, 0.6) is 5.75 Å². The van der Waals surface area contributed by atoms with Gasteiger partial charge in [-0.2, -0.15) is 0 Å². The number of urea groups is 1. The number of fused-ring (bicyclic) bond motifs is 1. The largest absolute Gasteiger partial charge is 0.494 e. The van der Waals surface area contributed by atoms with Crippen LogP contribution in [0.2, 0.25) is 0 Å². The molecule has 0 atom stereocenters. The number of ether oxygens (including phenoxy) is 2. The van der Waals surface area contributed by atoms with Gasteiger partial charge in [-0.3, -0.25) is 10.2 Å². The monoisotopic (exact) mass is 542 g/mol. The van der Waals surface area contributed by atoms with Gasteiger partial charge in [0.2, 0.25) is 0 Å². The van der Waals surface area contributed by atoms with Crippen LogP contribution in [0.15, 0.2) is 59.4 Å². The van der Waals surface area contributed by atoms with Gasteiger partial charge in [0.25, 0.3) is 0 Å². The number of anilines is 2. The maximum absolute atomic E-state index is 12.4. The standard InChI is InChI=1S/C30H34N6O4/c1-30(2,3)26-20-27(34-40-26)33-29(37)32-23-11-13-36-21-24(31-28(36)19-23)8-5-22-6-9-25(10-7-22)39-16-4-12-35-14-17-38-18-15-35/h6-7,9-11,13,19-21H,4,12,14-18H2,1-3H3,(H2,32,33,34,37). The van der Waals surface area contributed by atoms with Crippen molar-refractivity contribution in [3.8, 4) is 17.6 Å². The molecule has 1 aromatic carbocycles. The van der Waals surface area contributed by atoms with Crippen LogP contribution in [0.3, 0.4) is 0 Å². The molecule has 40 heavy (non-hydrogen) atoms. The number of benzene rings is 1. The second-order valence-electron chi connectivity index (χ2n) is 10.6. The number of amides is 2. The SMILES string of the molecule is CC(C)(C)c1cc(NC(=O)Nc2ccn3cc(C#Cc4ccc(OCCCN5CCOCC5)cc4)nc3c2)no1. The molecule has 0 radical (unpaired) electrons. The smallest absolute Gasteiger partial charge is 0.324 e. The van der Waals surface area contributed by atoms with E-state index in [1.807, 2.05) is 61.8 Å². The Balaban J connectivity index is 1.13. The number of aromatic nitrogens is 3. The summed E-state index contributed by atoms with van der Waals surface area (Å²) in [6.45, 7) is 11.4. The molecule has 2 amide bonds. The summed E-state index contributed by atoms with van der Waals surface area (Å²) in [6, 6.07) is 12.6. The van der Waals surface area contributed by atoms with Crippen LogP contribution in [-0.2, 0) is 10.2 Å². The van der Waals surface area contributed by atoms with Gasteiger partial charge in [0, 0.05) is 60.8 Å². The van der Waals surface area contributed by atoms with Gasteiger partial charge in [0.1, 0.15) is 22.9 Å². The van der Waals surface area contributed by atoms with E-state index in [0.717, 1.165) is 50.6 Å². The summed E-state index contributed by atoms with van der Waals surface area (Å²) < 4.78 is 18.4. The van der Waals surface area contributed by atoms with Crippen LogP contribution in [0.4, 0.5) is 16.3 Å². The van der Waals surface area contributed by atoms with Crippen LogP contribution in [0, 0.1) is 11.8 Å². The highest BCUT2D eigenvalue weighted by atomic mass is 16.5. The molecule has 4 heterocycles. The number of nitrogens with one attached hydrogen (secondary N) is 2. The van der Waals surface area contributed by atoms with Gasteiger partial charge in [0.05, 0.1) is 19.8 Å². The molecule has 1 aliphatic rings. The lowest BCUT2D eigenvalue weighted by atomic mass is 9.93. The third kappa shape index (κ3) is 7.40.